The zero-order chi connectivity index (χ0) is 11.7. The summed E-state index contributed by atoms with van der Waals surface area (Å²) in [6, 6.07) is 0.397. The van der Waals surface area contributed by atoms with Crippen molar-refractivity contribution in [2.24, 2.45) is 7.05 Å². The molecule has 0 bridgehead atoms. The number of nitrogens with one attached hydrogen (secondary N) is 2. The second-order valence-electron chi connectivity index (χ2n) is 5.15. The summed E-state index contributed by atoms with van der Waals surface area (Å²) in [4.78, 5) is 4.30. The Kier molecular flexibility index (Phi) is 2.80. The Hall–Kier alpha value is -1.07. The number of piperidine rings is 1. The lowest BCUT2D eigenvalue weighted by Gasteiger charge is -2.32. The zero-order valence-electron chi connectivity index (χ0n) is 10.3. The Morgan fingerprint density at radius 2 is 2.35 bits per heavy atom. The molecule has 94 valence electrons. The first-order valence-electron chi connectivity index (χ1n) is 6.36. The Bertz CT molecular complexity index is 384. The third kappa shape index (κ3) is 2.17. The molecule has 2 fully saturated rings. The van der Waals surface area contributed by atoms with Gasteiger partial charge in [-0.25, -0.2) is 4.98 Å². The van der Waals surface area contributed by atoms with Gasteiger partial charge in [0.25, 0.3) is 0 Å². The molecule has 17 heavy (non-hydrogen) atoms. The quantitative estimate of drug-likeness (QED) is 0.795. The second-order valence-corrected chi connectivity index (χ2v) is 5.15. The Labute approximate surface area is 102 Å². The number of rotatable bonds is 2. The molecule has 3 rings (SSSR count). The van der Waals surface area contributed by atoms with Gasteiger partial charge in [0, 0.05) is 19.4 Å². The van der Waals surface area contributed by atoms with E-state index >= 15 is 0 Å². The van der Waals surface area contributed by atoms with Gasteiger partial charge in [-0.05, 0) is 32.4 Å². The summed E-state index contributed by atoms with van der Waals surface area (Å²) in [5.74, 6) is 0.935. The lowest BCUT2D eigenvalue weighted by molar-refractivity contribution is -0.0192. The molecule has 2 saturated heterocycles. The van der Waals surface area contributed by atoms with Crippen molar-refractivity contribution < 1.29 is 4.74 Å². The van der Waals surface area contributed by atoms with Crippen molar-refractivity contribution in [2.75, 3.05) is 25.0 Å². The SMILES string of the molecule is Cn1ccnc1N[C@H]1COC2(CCNCC2)C1. The van der Waals surface area contributed by atoms with Crippen LogP contribution in [0.4, 0.5) is 5.95 Å². The van der Waals surface area contributed by atoms with Gasteiger partial charge in [-0.1, -0.05) is 0 Å². The number of imidazole rings is 1. The standard InChI is InChI=1S/C12H20N4O/c1-16-7-6-14-11(16)15-10-8-12(17-9-10)2-4-13-5-3-12/h6-7,10,13H,2-5,8-9H2,1H3,(H,14,15)/t10-/m1/s1. The molecular weight excluding hydrogens is 216 g/mol. The minimum absolute atomic E-state index is 0.119. The van der Waals surface area contributed by atoms with Gasteiger partial charge in [0.05, 0.1) is 18.2 Å². The summed E-state index contributed by atoms with van der Waals surface area (Å²) in [6.45, 7) is 2.96. The topological polar surface area (TPSA) is 51.1 Å². The number of ether oxygens (including phenoxy) is 1. The van der Waals surface area contributed by atoms with Crippen LogP contribution in [0.15, 0.2) is 12.4 Å². The predicted octanol–water partition coefficient (Wildman–Crippen LogP) is 0.743. The van der Waals surface area contributed by atoms with Crippen LogP contribution in [0.3, 0.4) is 0 Å². The van der Waals surface area contributed by atoms with E-state index in [-0.39, 0.29) is 5.60 Å². The van der Waals surface area contributed by atoms with Crippen LogP contribution in [0.2, 0.25) is 0 Å². The lowest BCUT2D eigenvalue weighted by Crippen LogP contribution is -2.41. The van der Waals surface area contributed by atoms with Gasteiger partial charge in [0.15, 0.2) is 0 Å². The van der Waals surface area contributed by atoms with E-state index in [0.29, 0.717) is 6.04 Å². The van der Waals surface area contributed by atoms with Crippen LogP contribution in [0, 0.1) is 0 Å². The van der Waals surface area contributed by atoms with Crippen molar-refractivity contribution >= 4 is 5.95 Å². The molecule has 2 aliphatic rings. The Morgan fingerprint density at radius 1 is 1.53 bits per heavy atom. The van der Waals surface area contributed by atoms with Crippen LogP contribution in [0.25, 0.3) is 0 Å². The molecular formula is C12H20N4O. The molecule has 0 unspecified atom stereocenters. The van der Waals surface area contributed by atoms with Gasteiger partial charge in [-0.3, -0.25) is 0 Å². The molecule has 2 aliphatic heterocycles. The van der Waals surface area contributed by atoms with Crippen molar-refractivity contribution in [1.82, 2.24) is 14.9 Å². The largest absolute Gasteiger partial charge is 0.373 e. The maximum Gasteiger partial charge on any atom is 0.202 e. The van der Waals surface area contributed by atoms with Crippen LogP contribution >= 0.6 is 0 Å². The maximum absolute atomic E-state index is 6.04. The number of hydrogen-bond acceptors (Lipinski definition) is 4. The van der Waals surface area contributed by atoms with Gasteiger partial charge < -0.3 is 19.9 Å². The molecule has 1 atom stereocenters. The summed E-state index contributed by atoms with van der Waals surface area (Å²) < 4.78 is 8.05. The highest BCUT2D eigenvalue weighted by atomic mass is 16.5. The third-order valence-electron chi connectivity index (χ3n) is 3.88. The van der Waals surface area contributed by atoms with E-state index in [1.54, 1.807) is 0 Å². The Morgan fingerprint density at radius 3 is 3.06 bits per heavy atom. The molecule has 0 aromatic carbocycles. The first-order valence-corrected chi connectivity index (χ1v) is 6.36. The van der Waals surface area contributed by atoms with E-state index in [9.17, 15) is 0 Å². The van der Waals surface area contributed by atoms with Crippen LogP contribution in [0.5, 0.6) is 0 Å². The number of anilines is 1. The van der Waals surface area contributed by atoms with Crippen molar-refractivity contribution in [1.29, 1.82) is 0 Å². The van der Waals surface area contributed by atoms with E-state index in [0.717, 1.165) is 44.9 Å². The molecule has 0 aliphatic carbocycles. The molecule has 5 nitrogen and oxygen atoms in total. The van der Waals surface area contributed by atoms with Crippen molar-refractivity contribution in [3.8, 4) is 0 Å². The van der Waals surface area contributed by atoms with E-state index in [4.69, 9.17) is 4.74 Å². The highest BCUT2D eigenvalue weighted by molar-refractivity contribution is 5.28. The van der Waals surface area contributed by atoms with Gasteiger partial charge in [-0.15, -0.1) is 0 Å². The first-order chi connectivity index (χ1) is 8.27. The molecule has 1 aromatic rings. The average Bonchev–Trinajstić information content (AvgIpc) is 2.90. The second kappa shape index (κ2) is 4.31. The normalized spacial score (nSPS) is 27.5. The summed E-state index contributed by atoms with van der Waals surface area (Å²) in [6.07, 6.45) is 7.13. The molecule has 1 spiro atoms. The van der Waals surface area contributed by atoms with Crippen LogP contribution < -0.4 is 10.6 Å². The van der Waals surface area contributed by atoms with E-state index in [1.807, 2.05) is 24.0 Å². The highest BCUT2D eigenvalue weighted by Gasteiger charge is 2.41. The molecule has 1 aromatic heterocycles. The highest BCUT2D eigenvalue weighted by Crippen LogP contribution is 2.34. The molecule has 0 saturated carbocycles. The lowest BCUT2D eigenvalue weighted by atomic mass is 9.88. The number of hydrogen-bond donors (Lipinski definition) is 2. The van der Waals surface area contributed by atoms with Crippen molar-refractivity contribution in [3.63, 3.8) is 0 Å². The van der Waals surface area contributed by atoms with E-state index in [2.05, 4.69) is 15.6 Å². The maximum atomic E-state index is 6.04. The Balaban J connectivity index is 1.62. The minimum atomic E-state index is 0.119. The summed E-state index contributed by atoms with van der Waals surface area (Å²) in [5.41, 5.74) is 0.119. The summed E-state index contributed by atoms with van der Waals surface area (Å²) >= 11 is 0. The van der Waals surface area contributed by atoms with Gasteiger partial charge in [-0.2, -0.15) is 0 Å². The predicted molar refractivity (Wildman–Crippen MR) is 66.0 cm³/mol. The minimum Gasteiger partial charge on any atom is -0.373 e. The average molecular weight is 236 g/mol. The fourth-order valence-corrected chi connectivity index (χ4v) is 2.86. The van der Waals surface area contributed by atoms with Gasteiger partial charge in [0.2, 0.25) is 5.95 Å². The molecule has 0 radical (unpaired) electrons. The third-order valence-corrected chi connectivity index (χ3v) is 3.88. The molecule has 5 heteroatoms. The van der Waals surface area contributed by atoms with Crippen molar-refractivity contribution in [3.05, 3.63) is 12.4 Å². The van der Waals surface area contributed by atoms with Crippen LogP contribution in [-0.2, 0) is 11.8 Å². The van der Waals surface area contributed by atoms with Gasteiger partial charge >= 0.3 is 0 Å². The molecule has 2 N–H and O–H groups in total. The summed E-state index contributed by atoms with van der Waals surface area (Å²) in [7, 11) is 2.01. The fraction of sp³-hybridized carbons (Fsp3) is 0.750. The first kappa shape index (κ1) is 11.0. The number of aromatic nitrogens is 2. The van der Waals surface area contributed by atoms with Crippen LogP contribution in [-0.4, -0.2) is 40.9 Å². The fourth-order valence-electron chi connectivity index (χ4n) is 2.86. The summed E-state index contributed by atoms with van der Waals surface area (Å²) in [5, 5.41) is 6.86. The monoisotopic (exact) mass is 236 g/mol. The smallest absolute Gasteiger partial charge is 0.202 e. The van der Waals surface area contributed by atoms with Gasteiger partial charge in [0.1, 0.15) is 0 Å². The number of nitrogens with zero attached hydrogens (tertiary/aromatic N) is 2. The van der Waals surface area contributed by atoms with Crippen molar-refractivity contribution in [2.45, 2.75) is 30.9 Å². The molecule has 3 heterocycles. The number of aryl methyl sites for hydroxylation is 1. The van der Waals surface area contributed by atoms with E-state index < -0.39 is 0 Å². The molecule has 0 amide bonds. The van der Waals surface area contributed by atoms with Crippen LogP contribution in [0.1, 0.15) is 19.3 Å². The van der Waals surface area contributed by atoms with E-state index in [1.165, 1.54) is 0 Å². The zero-order valence-corrected chi connectivity index (χ0v) is 10.3.